The van der Waals surface area contributed by atoms with Crippen molar-refractivity contribution in [2.24, 2.45) is 0 Å². The van der Waals surface area contributed by atoms with Gasteiger partial charge < -0.3 is 15.0 Å². The molecule has 6 nitrogen and oxygen atoms in total. The largest absolute Gasteiger partial charge is 0.378 e. The summed E-state index contributed by atoms with van der Waals surface area (Å²) in [5.41, 5.74) is 2.91. The molecule has 0 aliphatic carbocycles. The first-order valence-corrected chi connectivity index (χ1v) is 7.65. The average Bonchev–Trinajstić information content (AvgIpc) is 2.56. The van der Waals surface area contributed by atoms with E-state index in [0.717, 1.165) is 55.6 Å². The zero-order chi connectivity index (χ0) is 15.4. The summed E-state index contributed by atoms with van der Waals surface area (Å²) in [5, 5.41) is 3.22. The van der Waals surface area contributed by atoms with Crippen LogP contribution in [0.4, 0.5) is 11.8 Å². The summed E-state index contributed by atoms with van der Waals surface area (Å²) >= 11 is 0. The van der Waals surface area contributed by atoms with Gasteiger partial charge in [-0.3, -0.25) is 4.98 Å². The van der Waals surface area contributed by atoms with Gasteiger partial charge >= 0.3 is 0 Å². The minimum atomic E-state index is 0.657. The van der Waals surface area contributed by atoms with Crippen molar-refractivity contribution in [3.05, 3.63) is 30.1 Å². The first-order chi connectivity index (χ1) is 10.8. The Labute approximate surface area is 130 Å². The zero-order valence-corrected chi connectivity index (χ0v) is 13.0. The summed E-state index contributed by atoms with van der Waals surface area (Å²) in [7, 11) is 0. The minimum absolute atomic E-state index is 0.657. The van der Waals surface area contributed by atoms with E-state index in [1.54, 1.807) is 6.20 Å². The molecule has 2 aromatic rings. The van der Waals surface area contributed by atoms with Crippen LogP contribution in [-0.4, -0.2) is 47.8 Å². The van der Waals surface area contributed by atoms with Crippen LogP contribution in [0.1, 0.15) is 12.6 Å². The number of nitrogens with zero attached hydrogens (tertiary/aromatic N) is 4. The molecule has 0 aromatic carbocycles. The van der Waals surface area contributed by atoms with Crippen molar-refractivity contribution in [3.8, 4) is 11.3 Å². The molecule has 1 aliphatic heterocycles. The smallest absolute Gasteiger partial charge is 0.225 e. The highest BCUT2D eigenvalue weighted by Crippen LogP contribution is 2.25. The fourth-order valence-corrected chi connectivity index (χ4v) is 2.52. The SMILES string of the molecule is CCNc1nc(-c2cccnc2C)cc(N2CCOCC2)n1. The molecule has 0 unspecified atom stereocenters. The normalized spacial score (nSPS) is 14.9. The van der Waals surface area contributed by atoms with E-state index in [9.17, 15) is 0 Å². The molecular formula is C16H21N5O. The molecule has 116 valence electrons. The topological polar surface area (TPSA) is 63.2 Å². The Morgan fingerprint density at radius 1 is 1.27 bits per heavy atom. The van der Waals surface area contributed by atoms with Crippen molar-refractivity contribution in [2.45, 2.75) is 13.8 Å². The van der Waals surface area contributed by atoms with E-state index in [1.165, 1.54) is 0 Å². The molecule has 0 saturated carbocycles. The fraction of sp³-hybridized carbons (Fsp3) is 0.438. The minimum Gasteiger partial charge on any atom is -0.378 e. The van der Waals surface area contributed by atoms with E-state index < -0.39 is 0 Å². The second-order valence-electron chi connectivity index (χ2n) is 5.20. The molecule has 1 aliphatic rings. The van der Waals surface area contributed by atoms with Gasteiger partial charge in [-0.25, -0.2) is 4.98 Å². The lowest BCUT2D eigenvalue weighted by molar-refractivity contribution is 0.122. The highest BCUT2D eigenvalue weighted by atomic mass is 16.5. The molecule has 0 bridgehead atoms. The van der Waals surface area contributed by atoms with Crippen molar-refractivity contribution < 1.29 is 4.74 Å². The number of morpholine rings is 1. The Morgan fingerprint density at radius 3 is 2.82 bits per heavy atom. The number of nitrogens with one attached hydrogen (secondary N) is 1. The summed E-state index contributed by atoms with van der Waals surface area (Å²) in [5.74, 6) is 1.59. The second-order valence-corrected chi connectivity index (χ2v) is 5.20. The highest BCUT2D eigenvalue weighted by molar-refractivity contribution is 5.66. The lowest BCUT2D eigenvalue weighted by Crippen LogP contribution is -2.37. The van der Waals surface area contributed by atoms with Crippen LogP contribution in [0.15, 0.2) is 24.4 Å². The van der Waals surface area contributed by atoms with Gasteiger partial charge in [-0.1, -0.05) is 0 Å². The van der Waals surface area contributed by atoms with Gasteiger partial charge in [0.25, 0.3) is 0 Å². The van der Waals surface area contributed by atoms with E-state index in [2.05, 4.69) is 25.2 Å². The Kier molecular flexibility index (Phi) is 4.48. The van der Waals surface area contributed by atoms with Gasteiger partial charge in [0.15, 0.2) is 0 Å². The molecule has 0 amide bonds. The van der Waals surface area contributed by atoms with Gasteiger partial charge in [-0.05, 0) is 26.0 Å². The van der Waals surface area contributed by atoms with Gasteiger partial charge in [0.2, 0.25) is 5.95 Å². The van der Waals surface area contributed by atoms with Crippen LogP contribution in [-0.2, 0) is 4.74 Å². The van der Waals surface area contributed by atoms with Gasteiger partial charge in [0, 0.05) is 43.2 Å². The Morgan fingerprint density at radius 2 is 2.09 bits per heavy atom. The van der Waals surface area contributed by atoms with Gasteiger partial charge in [0.1, 0.15) is 5.82 Å². The molecule has 6 heteroatoms. The number of pyridine rings is 1. The number of aryl methyl sites for hydroxylation is 1. The molecule has 3 heterocycles. The number of hydrogen-bond donors (Lipinski definition) is 1. The predicted octanol–water partition coefficient (Wildman–Crippen LogP) is 2.12. The molecule has 22 heavy (non-hydrogen) atoms. The number of rotatable bonds is 4. The summed E-state index contributed by atoms with van der Waals surface area (Å²) < 4.78 is 5.42. The molecule has 3 rings (SSSR count). The van der Waals surface area contributed by atoms with Gasteiger partial charge in [-0.15, -0.1) is 0 Å². The number of hydrogen-bond acceptors (Lipinski definition) is 6. The van der Waals surface area contributed by atoms with Crippen molar-refractivity contribution in [1.82, 2.24) is 15.0 Å². The van der Waals surface area contributed by atoms with E-state index >= 15 is 0 Å². The van der Waals surface area contributed by atoms with Gasteiger partial charge in [-0.2, -0.15) is 4.98 Å². The summed E-state index contributed by atoms with van der Waals surface area (Å²) in [6.07, 6.45) is 1.80. The van der Waals surface area contributed by atoms with Gasteiger partial charge in [0.05, 0.1) is 18.9 Å². The lowest BCUT2D eigenvalue weighted by Gasteiger charge is -2.28. The number of ether oxygens (including phenoxy) is 1. The van der Waals surface area contributed by atoms with Crippen molar-refractivity contribution >= 4 is 11.8 Å². The third kappa shape index (κ3) is 3.17. The second kappa shape index (κ2) is 6.70. The summed E-state index contributed by atoms with van der Waals surface area (Å²) in [4.78, 5) is 15.9. The Bertz CT molecular complexity index is 640. The van der Waals surface area contributed by atoms with Crippen LogP contribution < -0.4 is 10.2 Å². The molecule has 1 saturated heterocycles. The van der Waals surface area contributed by atoms with Crippen molar-refractivity contribution in [1.29, 1.82) is 0 Å². The Balaban J connectivity index is 2.02. The maximum atomic E-state index is 5.42. The quantitative estimate of drug-likeness (QED) is 0.933. The first kappa shape index (κ1) is 14.7. The summed E-state index contributed by atoms with van der Waals surface area (Å²) in [6.45, 7) is 8.02. The summed E-state index contributed by atoms with van der Waals surface area (Å²) in [6, 6.07) is 6.02. The molecular weight excluding hydrogens is 278 g/mol. The number of anilines is 2. The molecule has 0 atom stereocenters. The van der Waals surface area contributed by atoms with E-state index in [1.807, 2.05) is 32.0 Å². The van der Waals surface area contributed by atoms with E-state index in [0.29, 0.717) is 5.95 Å². The molecule has 2 aromatic heterocycles. The maximum Gasteiger partial charge on any atom is 0.225 e. The van der Waals surface area contributed by atoms with E-state index in [-0.39, 0.29) is 0 Å². The van der Waals surface area contributed by atoms with Crippen LogP contribution in [0.25, 0.3) is 11.3 Å². The third-order valence-corrected chi connectivity index (χ3v) is 3.67. The van der Waals surface area contributed by atoms with Crippen LogP contribution in [0, 0.1) is 6.92 Å². The predicted molar refractivity (Wildman–Crippen MR) is 87.2 cm³/mol. The van der Waals surface area contributed by atoms with Crippen LogP contribution in [0.3, 0.4) is 0 Å². The zero-order valence-electron chi connectivity index (χ0n) is 13.0. The van der Waals surface area contributed by atoms with Crippen molar-refractivity contribution in [3.63, 3.8) is 0 Å². The van der Waals surface area contributed by atoms with Crippen LogP contribution in [0.2, 0.25) is 0 Å². The molecule has 1 N–H and O–H groups in total. The Hall–Kier alpha value is -2.21. The van der Waals surface area contributed by atoms with E-state index in [4.69, 9.17) is 4.74 Å². The maximum absolute atomic E-state index is 5.42. The fourth-order valence-electron chi connectivity index (χ4n) is 2.52. The first-order valence-electron chi connectivity index (χ1n) is 7.65. The molecule has 0 radical (unpaired) electrons. The average molecular weight is 299 g/mol. The standard InChI is InChI=1S/C16H21N5O/c1-3-17-16-19-14(13-5-4-6-18-12(13)2)11-15(20-16)21-7-9-22-10-8-21/h4-6,11H,3,7-10H2,1-2H3,(H,17,19,20). The highest BCUT2D eigenvalue weighted by Gasteiger charge is 2.16. The molecule has 0 spiro atoms. The monoisotopic (exact) mass is 299 g/mol. The third-order valence-electron chi connectivity index (χ3n) is 3.67. The number of aromatic nitrogens is 3. The lowest BCUT2D eigenvalue weighted by atomic mass is 10.1. The molecule has 1 fully saturated rings. The van der Waals surface area contributed by atoms with Crippen molar-refractivity contribution in [2.75, 3.05) is 43.1 Å². The van der Waals surface area contributed by atoms with Crippen LogP contribution >= 0.6 is 0 Å². The van der Waals surface area contributed by atoms with Crippen LogP contribution in [0.5, 0.6) is 0 Å².